The summed E-state index contributed by atoms with van der Waals surface area (Å²) in [6.45, 7) is 1.09. The van der Waals surface area contributed by atoms with Crippen LogP contribution in [0.5, 0.6) is 0 Å². The molecule has 1 saturated carbocycles. The van der Waals surface area contributed by atoms with Gasteiger partial charge in [0.1, 0.15) is 0 Å². The van der Waals surface area contributed by atoms with Crippen LogP contribution in [0.3, 0.4) is 0 Å². The standard InChI is InChI=1S/C14H22F2N2OS.ClH/c15-14(16)8-11(17-9-14)12(19)18-6-7-20-13(10-18)4-2-1-3-5-13;/h11,17H,1-10H2;1H. The minimum absolute atomic E-state index is 0. The van der Waals surface area contributed by atoms with Gasteiger partial charge in [-0.05, 0) is 12.8 Å². The van der Waals surface area contributed by atoms with Crippen molar-refractivity contribution in [2.45, 2.75) is 55.2 Å². The number of nitrogens with zero attached hydrogens (tertiary/aromatic N) is 1. The fraction of sp³-hybridized carbons (Fsp3) is 0.929. The minimum Gasteiger partial charge on any atom is -0.339 e. The highest BCUT2D eigenvalue weighted by molar-refractivity contribution is 8.00. The van der Waals surface area contributed by atoms with Crippen molar-refractivity contribution >= 4 is 30.1 Å². The lowest BCUT2D eigenvalue weighted by molar-refractivity contribution is -0.134. The highest BCUT2D eigenvalue weighted by atomic mass is 35.5. The molecule has 7 heteroatoms. The van der Waals surface area contributed by atoms with Crippen LogP contribution in [0.15, 0.2) is 0 Å². The van der Waals surface area contributed by atoms with Crippen molar-refractivity contribution < 1.29 is 13.6 Å². The maximum atomic E-state index is 13.2. The fourth-order valence-corrected chi connectivity index (χ4v) is 5.21. The topological polar surface area (TPSA) is 32.3 Å². The Hall–Kier alpha value is -0.0700. The van der Waals surface area contributed by atoms with Crippen LogP contribution >= 0.6 is 24.2 Å². The van der Waals surface area contributed by atoms with E-state index in [2.05, 4.69) is 5.32 Å². The van der Waals surface area contributed by atoms with Gasteiger partial charge in [-0.25, -0.2) is 8.78 Å². The van der Waals surface area contributed by atoms with Crippen LogP contribution in [-0.2, 0) is 4.79 Å². The molecule has 1 aliphatic carbocycles. The molecule has 0 aromatic rings. The number of carbonyl (C=O) groups excluding carboxylic acids is 1. The third kappa shape index (κ3) is 3.82. The van der Waals surface area contributed by atoms with Crippen molar-refractivity contribution in [3.63, 3.8) is 0 Å². The summed E-state index contributed by atoms with van der Waals surface area (Å²) in [5, 5.41) is 2.69. The molecule has 3 rings (SSSR count). The van der Waals surface area contributed by atoms with Crippen molar-refractivity contribution in [2.24, 2.45) is 0 Å². The summed E-state index contributed by atoms with van der Waals surface area (Å²) >= 11 is 1.99. The summed E-state index contributed by atoms with van der Waals surface area (Å²) in [5.74, 6) is -1.91. The van der Waals surface area contributed by atoms with Crippen molar-refractivity contribution in [3.8, 4) is 0 Å². The second-order valence-electron chi connectivity index (χ2n) is 6.35. The van der Waals surface area contributed by atoms with E-state index in [1.54, 1.807) is 0 Å². The molecule has 0 bridgehead atoms. The molecule has 2 aliphatic heterocycles. The Kier molecular flexibility index (Phi) is 5.42. The predicted molar refractivity (Wildman–Crippen MR) is 83.5 cm³/mol. The molecular weight excluding hydrogens is 318 g/mol. The highest BCUT2D eigenvalue weighted by Crippen LogP contribution is 2.43. The Balaban J connectivity index is 0.00000161. The van der Waals surface area contributed by atoms with Crippen LogP contribution < -0.4 is 5.32 Å². The Morgan fingerprint density at radius 1 is 1.24 bits per heavy atom. The quantitative estimate of drug-likeness (QED) is 0.796. The summed E-state index contributed by atoms with van der Waals surface area (Å²) in [5.41, 5.74) is 0. The molecule has 0 radical (unpaired) electrons. The Morgan fingerprint density at radius 2 is 1.95 bits per heavy atom. The lowest BCUT2D eigenvalue weighted by Crippen LogP contribution is -2.53. The number of amides is 1. The van der Waals surface area contributed by atoms with Gasteiger partial charge >= 0.3 is 0 Å². The number of hydrogen-bond donors (Lipinski definition) is 1. The zero-order valence-corrected chi connectivity index (χ0v) is 13.7. The van der Waals surface area contributed by atoms with E-state index < -0.39 is 12.0 Å². The Labute approximate surface area is 135 Å². The Morgan fingerprint density at radius 3 is 2.57 bits per heavy atom. The van der Waals surface area contributed by atoms with E-state index in [4.69, 9.17) is 0 Å². The normalized spacial score (nSPS) is 31.0. The molecule has 3 aliphatic rings. The van der Waals surface area contributed by atoms with Crippen LogP contribution in [0, 0.1) is 0 Å². The fourth-order valence-electron chi connectivity index (χ4n) is 3.64. The summed E-state index contributed by atoms with van der Waals surface area (Å²) in [6, 6.07) is -0.686. The van der Waals surface area contributed by atoms with E-state index in [9.17, 15) is 13.6 Å². The van der Waals surface area contributed by atoms with Crippen LogP contribution in [0.2, 0.25) is 0 Å². The van der Waals surface area contributed by atoms with Gasteiger partial charge in [-0.1, -0.05) is 19.3 Å². The van der Waals surface area contributed by atoms with Gasteiger partial charge in [0, 0.05) is 30.0 Å². The molecule has 0 aromatic carbocycles. The summed E-state index contributed by atoms with van der Waals surface area (Å²) < 4.78 is 26.7. The molecule has 0 aromatic heterocycles. The monoisotopic (exact) mass is 340 g/mol. The lowest BCUT2D eigenvalue weighted by atomic mass is 9.87. The summed E-state index contributed by atoms with van der Waals surface area (Å²) in [7, 11) is 0. The number of alkyl halides is 2. The van der Waals surface area contributed by atoms with Gasteiger partial charge in [0.05, 0.1) is 12.6 Å². The first-order valence-electron chi connectivity index (χ1n) is 7.54. The molecule has 3 nitrogen and oxygen atoms in total. The number of halogens is 3. The van der Waals surface area contributed by atoms with Gasteiger partial charge in [0.15, 0.2) is 0 Å². The number of carbonyl (C=O) groups is 1. The second kappa shape index (κ2) is 6.59. The molecule has 3 fully saturated rings. The van der Waals surface area contributed by atoms with Gasteiger partial charge in [-0.15, -0.1) is 12.4 Å². The molecule has 2 heterocycles. The van der Waals surface area contributed by atoms with Crippen LogP contribution in [0.25, 0.3) is 0 Å². The number of hydrogen-bond acceptors (Lipinski definition) is 3. The largest absolute Gasteiger partial charge is 0.339 e. The third-order valence-corrected chi connectivity index (χ3v) is 6.27. The maximum absolute atomic E-state index is 13.2. The molecule has 21 heavy (non-hydrogen) atoms. The van der Waals surface area contributed by atoms with Gasteiger partial charge in [-0.2, -0.15) is 11.8 Å². The summed E-state index contributed by atoms with van der Waals surface area (Å²) in [4.78, 5) is 14.3. The van der Waals surface area contributed by atoms with E-state index >= 15 is 0 Å². The van der Waals surface area contributed by atoms with Gasteiger partial charge in [0.25, 0.3) is 5.92 Å². The number of nitrogens with one attached hydrogen (secondary N) is 1. The first-order valence-corrected chi connectivity index (χ1v) is 8.52. The third-order valence-electron chi connectivity index (χ3n) is 4.73. The smallest absolute Gasteiger partial charge is 0.262 e. The van der Waals surface area contributed by atoms with E-state index in [1.165, 1.54) is 19.3 Å². The second-order valence-corrected chi connectivity index (χ2v) is 7.91. The van der Waals surface area contributed by atoms with E-state index in [0.29, 0.717) is 6.54 Å². The Bertz CT molecular complexity index is 386. The average molecular weight is 341 g/mol. The average Bonchev–Trinajstić information content (AvgIpc) is 2.79. The number of rotatable bonds is 1. The first-order chi connectivity index (χ1) is 9.50. The van der Waals surface area contributed by atoms with Gasteiger partial charge in [0.2, 0.25) is 5.91 Å². The molecule has 1 unspecified atom stereocenters. The van der Waals surface area contributed by atoms with Crippen molar-refractivity contribution in [3.05, 3.63) is 0 Å². The molecule has 1 spiro atoms. The molecule has 122 valence electrons. The molecule has 1 amide bonds. The lowest BCUT2D eigenvalue weighted by Gasteiger charge is -2.45. The van der Waals surface area contributed by atoms with E-state index in [1.807, 2.05) is 16.7 Å². The van der Waals surface area contributed by atoms with Crippen molar-refractivity contribution in [1.29, 1.82) is 0 Å². The molecule has 2 saturated heterocycles. The van der Waals surface area contributed by atoms with Crippen LogP contribution in [-0.4, -0.2) is 52.9 Å². The predicted octanol–water partition coefficient (Wildman–Crippen LogP) is 2.68. The van der Waals surface area contributed by atoms with E-state index in [-0.39, 0.29) is 36.0 Å². The maximum Gasteiger partial charge on any atom is 0.262 e. The van der Waals surface area contributed by atoms with Crippen LogP contribution in [0.1, 0.15) is 38.5 Å². The SMILES string of the molecule is Cl.O=C(C1CC(F)(F)CN1)N1CCSC2(CCCCC2)C1. The molecule has 1 N–H and O–H groups in total. The highest BCUT2D eigenvalue weighted by Gasteiger charge is 2.46. The van der Waals surface area contributed by atoms with Gasteiger partial charge in [-0.3, -0.25) is 10.1 Å². The molecule has 1 atom stereocenters. The summed E-state index contributed by atoms with van der Waals surface area (Å²) in [6.07, 6.45) is 5.73. The van der Waals surface area contributed by atoms with Crippen LogP contribution in [0.4, 0.5) is 8.78 Å². The number of thioether (sulfide) groups is 1. The van der Waals surface area contributed by atoms with Crippen molar-refractivity contribution in [2.75, 3.05) is 25.4 Å². The molecular formula is C14H23ClF2N2OS. The first kappa shape index (κ1) is 17.3. The minimum atomic E-state index is -2.73. The van der Waals surface area contributed by atoms with Crippen molar-refractivity contribution in [1.82, 2.24) is 10.2 Å². The zero-order valence-electron chi connectivity index (χ0n) is 12.1. The van der Waals surface area contributed by atoms with Gasteiger partial charge < -0.3 is 4.90 Å². The van der Waals surface area contributed by atoms with E-state index in [0.717, 1.165) is 25.1 Å². The zero-order chi connectivity index (χ0) is 14.2.